The molecule has 0 aliphatic heterocycles. The van der Waals surface area contributed by atoms with Crippen molar-refractivity contribution in [1.82, 2.24) is 10.3 Å². The fourth-order valence-electron chi connectivity index (χ4n) is 2.33. The lowest BCUT2D eigenvalue weighted by molar-refractivity contribution is -0.119. The van der Waals surface area contributed by atoms with Crippen LogP contribution < -0.4 is 10.6 Å². The summed E-state index contributed by atoms with van der Waals surface area (Å²) in [6, 6.07) is 8.10. The first-order chi connectivity index (χ1) is 12.6. The Kier molecular flexibility index (Phi) is 6.54. The van der Waals surface area contributed by atoms with Gasteiger partial charge < -0.3 is 10.6 Å². The zero-order valence-electron chi connectivity index (χ0n) is 14.3. The van der Waals surface area contributed by atoms with Crippen LogP contribution in [0, 0.1) is 0 Å². The highest BCUT2D eigenvalue weighted by Crippen LogP contribution is 2.30. The van der Waals surface area contributed by atoms with Crippen LogP contribution in [0.25, 0.3) is 10.6 Å². The van der Waals surface area contributed by atoms with Gasteiger partial charge in [-0.05, 0) is 36.4 Å². The molecular formula is C18H19N3O2S3. The van der Waals surface area contributed by atoms with E-state index in [2.05, 4.69) is 27.1 Å². The van der Waals surface area contributed by atoms with Crippen molar-refractivity contribution in [2.24, 2.45) is 0 Å². The van der Waals surface area contributed by atoms with Gasteiger partial charge in [-0.15, -0.1) is 34.0 Å². The molecule has 26 heavy (non-hydrogen) atoms. The van der Waals surface area contributed by atoms with E-state index in [1.165, 1.54) is 23.1 Å². The van der Waals surface area contributed by atoms with Crippen molar-refractivity contribution in [2.45, 2.75) is 32.7 Å². The Morgan fingerprint density at radius 1 is 1.15 bits per heavy atom. The van der Waals surface area contributed by atoms with E-state index in [4.69, 9.17) is 0 Å². The molecule has 0 atom stereocenters. The Labute approximate surface area is 164 Å². The summed E-state index contributed by atoms with van der Waals surface area (Å²) < 4.78 is 0. The van der Waals surface area contributed by atoms with E-state index >= 15 is 0 Å². The third kappa shape index (κ3) is 5.48. The van der Waals surface area contributed by atoms with Crippen LogP contribution in [-0.2, 0) is 22.6 Å². The minimum absolute atomic E-state index is 0.0000158. The Morgan fingerprint density at radius 2 is 2.04 bits per heavy atom. The summed E-state index contributed by atoms with van der Waals surface area (Å²) in [7, 11) is 0. The molecule has 8 heteroatoms. The van der Waals surface area contributed by atoms with Gasteiger partial charge in [0.2, 0.25) is 11.8 Å². The number of thiophene rings is 2. The Balaban J connectivity index is 1.49. The van der Waals surface area contributed by atoms with Gasteiger partial charge in [0.05, 0.1) is 17.1 Å². The highest BCUT2D eigenvalue weighted by atomic mass is 32.1. The minimum Gasteiger partial charge on any atom is -0.351 e. The van der Waals surface area contributed by atoms with Gasteiger partial charge in [0.25, 0.3) is 0 Å². The predicted molar refractivity (Wildman–Crippen MR) is 109 cm³/mol. The highest BCUT2D eigenvalue weighted by molar-refractivity contribution is 7.17. The van der Waals surface area contributed by atoms with Gasteiger partial charge in [0, 0.05) is 28.5 Å². The van der Waals surface area contributed by atoms with Gasteiger partial charge >= 0.3 is 0 Å². The first kappa shape index (κ1) is 18.8. The number of amides is 2. The highest BCUT2D eigenvalue weighted by Gasteiger charge is 2.10. The second-order valence-corrected chi connectivity index (χ2v) is 8.75. The van der Waals surface area contributed by atoms with E-state index in [0.717, 1.165) is 28.3 Å². The fourth-order valence-corrected chi connectivity index (χ4v) is 4.79. The number of nitrogens with zero attached hydrogens (tertiary/aromatic N) is 1. The summed E-state index contributed by atoms with van der Waals surface area (Å²) in [6.45, 7) is 2.03. The lowest BCUT2D eigenvalue weighted by atomic mass is 10.2. The van der Waals surface area contributed by atoms with Gasteiger partial charge in [-0.25, -0.2) is 4.98 Å². The zero-order valence-corrected chi connectivity index (χ0v) is 16.7. The standard InChI is InChI=1S/C18H19N3O2S3/c1-12(22)19-10-14-7-8-16(26-14)15-11-25-18(20-15)21-17(23)6-2-4-13-5-3-9-24-13/h3,5,7-9,11H,2,4,6,10H2,1H3,(H,19,22)(H,20,21,23). The van der Waals surface area contributed by atoms with Gasteiger partial charge in [0.1, 0.15) is 0 Å². The van der Waals surface area contributed by atoms with Gasteiger partial charge in [-0.2, -0.15) is 0 Å². The average molecular weight is 406 g/mol. The largest absolute Gasteiger partial charge is 0.351 e. The van der Waals surface area contributed by atoms with Crippen molar-refractivity contribution in [3.05, 3.63) is 44.8 Å². The van der Waals surface area contributed by atoms with E-state index in [-0.39, 0.29) is 11.8 Å². The van der Waals surface area contributed by atoms with Gasteiger partial charge in [-0.3, -0.25) is 9.59 Å². The predicted octanol–water partition coefficient (Wildman–Crippen LogP) is 4.53. The summed E-state index contributed by atoms with van der Waals surface area (Å²) >= 11 is 4.74. The molecule has 5 nitrogen and oxygen atoms in total. The number of anilines is 1. The molecule has 3 heterocycles. The quantitative estimate of drug-likeness (QED) is 0.578. The first-order valence-corrected chi connectivity index (χ1v) is 10.8. The molecule has 0 saturated heterocycles. The number of rotatable bonds is 8. The monoisotopic (exact) mass is 405 g/mol. The third-order valence-electron chi connectivity index (χ3n) is 3.58. The maximum Gasteiger partial charge on any atom is 0.226 e. The smallest absolute Gasteiger partial charge is 0.226 e. The van der Waals surface area contributed by atoms with E-state index in [9.17, 15) is 9.59 Å². The summed E-state index contributed by atoms with van der Waals surface area (Å²) in [5.41, 5.74) is 0.850. The van der Waals surface area contributed by atoms with E-state index in [1.54, 1.807) is 22.7 Å². The van der Waals surface area contributed by atoms with Crippen molar-refractivity contribution in [3.8, 4) is 10.6 Å². The molecule has 0 bridgehead atoms. The molecule has 0 radical (unpaired) electrons. The number of aryl methyl sites for hydroxylation is 1. The molecule has 0 aliphatic rings. The number of hydrogen-bond acceptors (Lipinski definition) is 6. The summed E-state index contributed by atoms with van der Waals surface area (Å²) in [4.78, 5) is 31.0. The van der Waals surface area contributed by atoms with Crippen LogP contribution in [0.2, 0.25) is 0 Å². The van der Waals surface area contributed by atoms with Crippen molar-refractivity contribution in [3.63, 3.8) is 0 Å². The van der Waals surface area contributed by atoms with Crippen LogP contribution in [-0.4, -0.2) is 16.8 Å². The summed E-state index contributed by atoms with van der Waals surface area (Å²) in [5.74, 6) is -0.0438. The molecule has 0 aliphatic carbocycles. The SMILES string of the molecule is CC(=O)NCc1ccc(-c2csc(NC(=O)CCCc3cccs3)n2)s1. The number of carbonyl (C=O) groups excluding carboxylic acids is 2. The second-order valence-electron chi connectivity index (χ2n) is 5.69. The first-order valence-electron chi connectivity index (χ1n) is 8.21. The molecule has 136 valence electrons. The maximum absolute atomic E-state index is 12.1. The number of carbonyl (C=O) groups is 2. The van der Waals surface area contributed by atoms with Crippen molar-refractivity contribution < 1.29 is 9.59 Å². The number of thiazole rings is 1. The van der Waals surface area contributed by atoms with Gasteiger partial charge in [-0.1, -0.05) is 6.07 Å². The molecule has 0 unspecified atom stereocenters. The molecule has 2 N–H and O–H groups in total. The molecule has 3 aromatic heterocycles. The number of hydrogen-bond donors (Lipinski definition) is 2. The molecule has 0 fully saturated rings. The van der Waals surface area contributed by atoms with Crippen molar-refractivity contribution in [2.75, 3.05) is 5.32 Å². The van der Waals surface area contributed by atoms with E-state index < -0.39 is 0 Å². The maximum atomic E-state index is 12.1. The third-order valence-corrected chi connectivity index (χ3v) is 6.38. The number of aromatic nitrogens is 1. The van der Waals surface area contributed by atoms with Crippen LogP contribution >= 0.6 is 34.0 Å². The fraction of sp³-hybridized carbons (Fsp3) is 0.278. The van der Waals surface area contributed by atoms with Gasteiger partial charge in [0.15, 0.2) is 5.13 Å². The Hall–Kier alpha value is -2.03. The van der Waals surface area contributed by atoms with E-state index in [1.807, 2.05) is 23.6 Å². The van der Waals surface area contributed by atoms with Crippen LogP contribution in [0.3, 0.4) is 0 Å². The molecule has 3 rings (SSSR count). The van der Waals surface area contributed by atoms with Crippen LogP contribution in [0.4, 0.5) is 5.13 Å². The van der Waals surface area contributed by atoms with Crippen LogP contribution in [0.1, 0.15) is 29.5 Å². The van der Waals surface area contributed by atoms with Crippen molar-refractivity contribution >= 4 is 51.0 Å². The molecule has 0 spiro atoms. The van der Waals surface area contributed by atoms with Crippen LogP contribution in [0.15, 0.2) is 35.0 Å². The summed E-state index contributed by atoms with van der Waals surface area (Å²) in [5, 5.41) is 10.3. The normalized spacial score (nSPS) is 10.7. The second kappa shape index (κ2) is 9.07. The molecule has 3 aromatic rings. The molecule has 0 saturated carbocycles. The lowest BCUT2D eigenvalue weighted by Gasteiger charge is -2.01. The van der Waals surface area contributed by atoms with Crippen molar-refractivity contribution in [1.29, 1.82) is 0 Å². The topological polar surface area (TPSA) is 71.1 Å². The van der Waals surface area contributed by atoms with E-state index in [0.29, 0.717) is 18.1 Å². The zero-order chi connectivity index (χ0) is 18.4. The van der Waals surface area contributed by atoms with Crippen LogP contribution in [0.5, 0.6) is 0 Å². The number of nitrogens with one attached hydrogen (secondary N) is 2. The molecule has 2 amide bonds. The molecular weight excluding hydrogens is 386 g/mol. The Bertz CT molecular complexity index is 868. The minimum atomic E-state index is -0.0438. The summed E-state index contributed by atoms with van der Waals surface area (Å²) in [6.07, 6.45) is 2.26. The average Bonchev–Trinajstić information content (AvgIpc) is 3.34. The Morgan fingerprint density at radius 3 is 2.81 bits per heavy atom. The molecule has 0 aromatic carbocycles. The lowest BCUT2D eigenvalue weighted by Crippen LogP contribution is -2.17.